The van der Waals surface area contributed by atoms with Gasteiger partial charge in [-0.1, -0.05) is 18.5 Å². The van der Waals surface area contributed by atoms with Crippen LogP contribution in [-0.2, 0) is 4.74 Å². The molecule has 1 fully saturated rings. The van der Waals surface area contributed by atoms with Gasteiger partial charge in [-0.2, -0.15) is 4.98 Å². The van der Waals surface area contributed by atoms with E-state index < -0.39 is 5.60 Å². The molecule has 1 aliphatic heterocycles. The van der Waals surface area contributed by atoms with E-state index in [2.05, 4.69) is 22.2 Å². The molecule has 7 nitrogen and oxygen atoms in total. The van der Waals surface area contributed by atoms with Crippen molar-refractivity contribution in [2.24, 2.45) is 5.92 Å². The second-order valence-electron chi connectivity index (χ2n) is 6.88. The van der Waals surface area contributed by atoms with Gasteiger partial charge in [-0.25, -0.2) is 9.78 Å². The third-order valence-corrected chi connectivity index (χ3v) is 3.85. The minimum Gasteiger partial charge on any atom is -0.444 e. The average Bonchev–Trinajstić information content (AvgIpc) is 2.38. The number of carbonyl (C=O) groups is 1. The smallest absolute Gasteiger partial charge is 0.410 e. The highest BCUT2D eigenvalue weighted by molar-refractivity contribution is 6.29. The molecule has 0 saturated carbocycles. The molecule has 0 bridgehead atoms. The van der Waals surface area contributed by atoms with E-state index in [-0.39, 0.29) is 23.2 Å². The maximum atomic E-state index is 12.2. The molecule has 2 atom stereocenters. The van der Waals surface area contributed by atoms with Crippen LogP contribution in [0.25, 0.3) is 0 Å². The Balaban J connectivity index is 2.04. The summed E-state index contributed by atoms with van der Waals surface area (Å²) < 4.78 is 5.44. The van der Waals surface area contributed by atoms with Gasteiger partial charge in [-0.05, 0) is 33.1 Å². The van der Waals surface area contributed by atoms with Crippen molar-refractivity contribution in [3.63, 3.8) is 0 Å². The molecule has 23 heavy (non-hydrogen) atoms. The number of piperidine rings is 1. The Morgan fingerprint density at radius 3 is 2.78 bits per heavy atom. The minimum absolute atomic E-state index is 0.0432. The SMILES string of the molecule is CC1CCN(C(=O)OC(C)(C)C)CC1Nc1cc(Cl)nc(N)n1. The van der Waals surface area contributed by atoms with Crippen LogP contribution in [0, 0.1) is 5.92 Å². The van der Waals surface area contributed by atoms with Gasteiger partial charge < -0.3 is 20.7 Å². The van der Waals surface area contributed by atoms with Crippen molar-refractivity contribution >= 4 is 29.5 Å². The molecule has 2 unspecified atom stereocenters. The van der Waals surface area contributed by atoms with Gasteiger partial charge in [0.25, 0.3) is 0 Å². The Morgan fingerprint density at radius 2 is 2.17 bits per heavy atom. The molecule has 3 N–H and O–H groups in total. The number of halogens is 1. The van der Waals surface area contributed by atoms with Gasteiger partial charge in [-0.3, -0.25) is 0 Å². The summed E-state index contributed by atoms with van der Waals surface area (Å²) in [7, 11) is 0. The van der Waals surface area contributed by atoms with Gasteiger partial charge >= 0.3 is 6.09 Å². The number of nitrogen functional groups attached to an aromatic ring is 1. The van der Waals surface area contributed by atoms with Crippen LogP contribution in [0.5, 0.6) is 0 Å². The summed E-state index contributed by atoms with van der Waals surface area (Å²) in [6.07, 6.45) is 0.585. The Morgan fingerprint density at radius 1 is 1.48 bits per heavy atom. The third-order valence-electron chi connectivity index (χ3n) is 3.66. The van der Waals surface area contributed by atoms with Crippen molar-refractivity contribution in [3.05, 3.63) is 11.2 Å². The second-order valence-corrected chi connectivity index (χ2v) is 7.26. The lowest BCUT2D eigenvalue weighted by molar-refractivity contribution is 0.0176. The summed E-state index contributed by atoms with van der Waals surface area (Å²) >= 11 is 5.90. The number of likely N-dealkylation sites (tertiary alicyclic amines) is 1. The van der Waals surface area contributed by atoms with E-state index in [0.717, 1.165) is 6.42 Å². The van der Waals surface area contributed by atoms with Gasteiger partial charge in [0.15, 0.2) is 0 Å². The van der Waals surface area contributed by atoms with Gasteiger partial charge in [0.2, 0.25) is 5.95 Å². The molecule has 1 aliphatic rings. The van der Waals surface area contributed by atoms with Crippen molar-refractivity contribution in [3.8, 4) is 0 Å². The van der Waals surface area contributed by atoms with Gasteiger partial charge in [-0.15, -0.1) is 0 Å². The molecule has 0 aliphatic carbocycles. The molecule has 0 aromatic carbocycles. The van der Waals surface area contributed by atoms with Crippen LogP contribution in [0.15, 0.2) is 6.07 Å². The fraction of sp³-hybridized carbons (Fsp3) is 0.667. The normalized spacial score (nSPS) is 21.9. The highest BCUT2D eigenvalue weighted by Gasteiger charge is 2.31. The van der Waals surface area contributed by atoms with Crippen LogP contribution in [0.3, 0.4) is 0 Å². The number of aromatic nitrogens is 2. The van der Waals surface area contributed by atoms with Crippen molar-refractivity contribution in [2.45, 2.75) is 45.8 Å². The Bertz CT molecular complexity index is 555. The van der Waals surface area contributed by atoms with Crippen LogP contribution in [0.2, 0.25) is 5.15 Å². The van der Waals surface area contributed by atoms with Crippen LogP contribution >= 0.6 is 11.6 Å². The summed E-state index contributed by atoms with van der Waals surface area (Å²) in [6, 6.07) is 1.67. The number of hydrogen-bond acceptors (Lipinski definition) is 6. The first-order valence-corrected chi connectivity index (χ1v) is 8.06. The molecule has 1 saturated heterocycles. The lowest BCUT2D eigenvalue weighted by atomic mass is 9.93. The van der Waals surface area contributed by atoms with E-state index in [1.165, 1.54) is 0 Å². The number of anilines is 2. The first kappa shape index (κ1) is 17.6. The number of hydrogen-bond donors (Lipinski definition) is 2. The van der Waals surface area contributed by atoms with Gasteiger partial charge in [0, 0.05) is 25.2 Å². The zero-order chi connectivity index (χ0) is 17.2. The standard InChI is InChI=1S/C15H24ClN5O2/c1-9-5-6-21(14(22)23-15(2,3)4)8-10(9)18-12-7-11(16)19-13(17)20-12/h7,9-10H,5-6,8H2,1-4H3,(H3,17,18,19,20). The van der Waals surface area contributed by atoms with Crippen molar-refractivity contribution in [1.29, 1.82) is 0 Å². The van der Waals surface area contributed by atoms with Gasteiger partial charge in [0.1, 0.15) is 16.6 Å². The molecule has 1 aromatic heterocycles. The van der Waals surface area contributed by atoms with E-state index in [1.807, 2.05) is 20.8 Å². The Hall–Kier alpha value is -1.76. The molecular weight excluding hydrogens is 318 g/mol. The van der Waals surface area contributed by atoms with Crippen molar-refractivity contribution < 1.29 is 9.53 Å². The Kier molecular flexibility index (Phi) is 5.19. The number of nitrogens with zero attached hydrogens (tertiary/aromatic N) is 3. The fourth-order valence-corrected chi connectivity index (χ4v) is 2.64. The maximum absolute atomic E-state index is 12.2. The molecule has 0 spiro atoms. The first-order chi connectivity index (χ1) is 10.6. The molecule has 0 radical (unpaired) electrons. The summed E-state index contributed by atoms with van der Waals surface area (Å²) in [5.41, 5.74) is 5.11. The third kappa shape index (κ3) is 5.13. The van der Waals surface area contributed by atoms with Crippen LogP contribution < -0.4 is 11.1 Å². The van der Waals surface area contributed by atoms with Crippen LogP contribution in [0.1, 0.15) is 34.1 Å². The van der Waals surface area contributed by atoms with E-state index >= 15 is 0 Å². The molecule has 8 heteroatoms. The predicted octanol–water partition coefficient (Wildman–Crippen LogP) is 2.77. The maximum Gasteiger partial charge on any atom is 0.410 e. The number of amides is 1. The predicted molar refractivity (Wildman–Crippen MR) is 90.5 cm³/mol. The largest absolute Gasteiger partial charge is 0.444 e. The first-order valence-electron chi connectivity index (χ1n) is 7.68. The van der Waals surface area contributed by atoms with E-state index in [0.29, 0.717) is 24.8 Å². The van der Waals surface area contributed by atoms with E-state index in [4.69, 9.17) is 22.1 Å². The monoisotopic (exact) mass is 341 g/mol. The van der Waals surface area contributed by atoms with Crippen molar-refractivity contribution in [2.75, 3.05) is 24.1 Å². The highest BCUT2D eigenvalue weighted by Crippen LogP contribution is 2.23. The highest BCUT2D eigenvalue weighted by atomic mass is 35.5. The molecule has 2 heterocycles. The number of nitrogens with two attached hydrogens (primary N) is 1. The number of nitrogens with one attached hydrogen (secondary N) is 1. The summed E-state index contributed by atoms with van der Waals surface area (Å²) in [4.78, 5) is 21.9. The molecule has 128 valence electrons. The number of ether oxygens (including phenoxy) is 1. The summed E-state index contributed by atoms with van der Waals surface area (Å²) in [6.45, 7) is 8.94. The zero-order valence-corrected chi connectivity index (χ0v) is 14.7. The lowest BCUT2D eigenvalue weighted by Crippen LogP contribution is -2.50. The molecule has 2 rings (SSSR count). The minimum atomic E-state index is -0.502. The number of rotatable bonds is 2. The number of carbonyl (C=O) groups excluding carboxylic acids is 1. The van der Waals surface area contributed by atoms with E-state index in [9.17, 15) is 4.79 Å². The zero-order valence-electron chi connectivity index (χ0n) is 14.0. The Labute approximate surface area is 141 Å². The van der Waals surface area contributed by atoms with Crippen molar-refractivity contribution in [1.82, 2.24) is 14.9 Å². The summed E-state index contributed by atoms with van der Waals surface area (Å²) in [5, 5.41) is 3.58. The average molecular weight is 342 g/mol. The lowest BCUT2D eigenvalue weighted by Gasteiger charge is -2.38. The second kappa shape index (κ2) is 6.78. The van der Waals surface area contributed by atoms with E-state index in [1.54, 1.807) is 11.0 Å². The quantitative estimate of drug-likeness (QED) is 0.803. The fourth-order valence-electron chi connectivity index (χ4n) is 2.45. The molecular formula is C15H24ClN5O2. The molecule has 1 aromatic rings. The van der Waals surface area contributed by atoms with Crippen LogP contribution in [0.4, 0.5) is 16.6 Å². The molecule has 1 amide bonds. The van der Waals surface area contributed by atoms with Gasteiger partial charge in [0.05, 0.1) is 0 Å². The van der Waals surface area contributed by atoms with Crippen LogP contribution in [-0.4, -0.2) is 45.7 Å². The summed E-state index contributed by atoms with van der Waals surface area (Å²) in [5.74, 6) is 1.06. The topological polar surface area (TPSA) is 93.4 Å².